The van der Waals surface area contributed by atoms with Gasteiger partial charge in [-0.3, -0.25) is 4.68 Å². The number of nitrogens with zero attached hydrogens (tertiary/aromatic N) is 3. The summed E-state index contributed by atoms with van der Waals surface area (Å²) in [6.07, 6.45) is 9.39. The average molecular weight is 249 g/mol. The lowest BCUT2D eigenvalue weighted by molar-refractivity contribution is 0.255. The van der Waals surface area contributed by atoms with Gasteiger partial charge in [0.2, 0.25) is 0 Å². The minimum Gasteiger partial charge on any atom is -0.306 e. The van der Waals surface area contributed by atoms with E-state index in [1.54, 1.807) is 0 Å². The third kappa shape index (κ3) is 3.35. The topological polar surface area (TPSA) is 21.1 Å². The molecule has 0 saturated carbocycles. The highest BCUT2D eigenvalue weighted by Gasteiger charge is 2.19. The van der Waals surface area contributed by atoms with Crippen LogP contribution in [0.15, 0.2) is 12.4 Å². The van der Waals surface area contributed by atoms with Crippen molar-refractivity contribution in [2.24, 2.45) is 0 Å². The molecule has 2 rings (SSSR count). The molecule has 0 amide bonds. The van der Waals surface area contributed by atoms with E-state index in [1.165, 1.54) is 44.3 Å². The van der Waals surface area contributed by atoms with E-state index in [9.17, 15) is 0 Å². The van der Waals surface area contributed by atoms with Crippen molar-refractivity contribution in [1.29, 1.82) is 0 Å². The first-order valence-electron chi connectivity index (χ1n) is 7.20. The van der Waals surface area contributed by atoms with Gasteiger partial charge in [-0.1, -0.05) is 20.8 Å². The van der Waals surface area contributed by atoms with Gasteiger partial charge in [-0.2, -0.15) is 5.10 Å². The van der Waals surface area contributed by atoms with Crippen LogP contribution in [0.1, 0.15) is 58.1 Å². The molecule has 0 bridgehead atoms. The summed E-state index contributed by atoms with van der Waals surface area (Å²) in [5, 5.41) is 4.60. The largest absolute Gasteiger partial charge is 0.306 e. The van der Waals surface area contributed by atoms with Crippen molar-refractivity contribution >= 4 is 0 Å². The first-order chi connectivity index (χ1) is 8.47. The molecular formula is C15H27N3. The van der Waals surface area contributed by atoms with Gasteiger partial charge in [0, 0.05) is 6.20 Å². The fraction of sp³-hybridized carbons (Fsp3) is 0.800. The Morgan fingerprint density at radius 2 is 1.78 bits per heavy atom. The lowest BCUT2D eigenvalue weighted by atomic mass is 9.90. The smallest absolute Gasteiger partial charge is 0.0527 e. The van der Waals surface area contributed by atoms with Crippen molar-refractivity contribution in [3.8, 4) is 0 Å². The fourth-order valence-electron chi connectivity index (χ4n) is 2.64. The highest BCUT2D eigenvalue weighted by atomic mass is 15.3. The van der Waals surface area contributed by atoms with Gasteiger partial charge in [-0.15, -0.1) is 0 Å². The number of hydrogen-bond donors (Lipinski definition) is 0. The number of hydrogen-bond acceptors (Lipinski definition) is 2. The van der Waals surface area contributed by atoms with Crippen LogP contribution in [0.25, 0.3) is 0 Å². The van der Waals surface area contributed by atoms with Crippen LogP contribution >= 0.6 is 0 Å². The molecule has 0 aromatic carbocycles. The zero-order chi connectivity index (χ0) is 13.2. The summed E-state index contributed by atoms with van der Waals surface area (Å²) in [5.41, 5.74) is 1.56. The number of rotatable bonds is 1. The Bertz CT molecular complexity index is 365. The zero-order valence-electron chi connectivity index (χ0n) is 12.3. The molecule has 1 aliphatic heterocycles. The summed E-state index contributed by atoms with van der Waals surface area (Å²) in [4.78, 5) is 2.44. The second-order valence-corrected chi connectivity index (χ2v) is 6.70. The van der Waals surface area contributed by atoms with Crippen LogP contribution in [-0.2, 0) is 5.41 Å². The Kier molecular flexibility index (Phi) is 4.10. The molecule has 0 aliphatic carbocycles. The van der Waals surface area contributed by atoms with Crippen molar-refractivity contribution in [1.82, 2.24) is 14.7 Å². The summed E-state index contributed by atoms with van der Waals surface area (Å²) < 4.78 is 2.21. The average Bonchev–Trinajstić information content (AvgIpc) is 2.71. The fourth-order valence-corrected chi connectivity index (χ4v) is 2.64. The standard InChI is InChI=1S/C15H27N3/c1-15(2,3)13-11-16-18(12-13)14-7-5-9-17(4)10-6-8-14/h11-12,14H,5-10H2,1-4H3. The van der Waals surface area contributed by atoms with E-state index in [-0.39, 0.29) is 5.41 Å². The molecule has 0 radical (unpaired) electrons. The Hall–Kier alpha value is -0.830. The van der Waals surface area contributed by atoms with Crippen LogP contribution in [0.3, 0.4) is 0 Å². The predicted molar refractivity (Wildman–Crippen MR) is 75.9 cm³/mol. The Balaban J connectivity index is 2.04. The Morgan fingerprint density at radius 1 is 1.17 bits per heavy atom. The molecule has 1 aromatic rings. The molecule has 1 aliphatic rings. The van der Waals surface area contributed by atoms with Gasteiger partial charge < -0.3 is 4.90 Å². The van der Waals surface area contributed by atoms with Crippen molar-refractivity contribution in [2.45, 2.75) is 57.9 Å². The molecule has 3 nitrogen and oxygen atoms in total. The summed E-state index contributed by atoms with van der Waals surface area (Å²) >= 11 is 0. The van der Waals surface area contributed by atoms with Gasteiger partial charge in [-0.25, -0.2) is 0 Å². The van der Waals surface area contributed by atoms with Crippen LogP contribution in [0.4, 0.5) is 0 Å². The molecule has 0 N–H and O–H groups in total. The van der Waals surface area contributed by atoms with Gasteiger partial charge in [0.05, 0.1) is 12.2 Å². The Labute approximate surface area is 111 Å². The van der Waals surface area contributed by atoms with Crippen molar-refractivity contribution in [3.05, 3.63) is 18.0 Å². The summed E-state index contributed by atoms with van der Waals surface area (Å²) in [6.45, 7) is 9.21. The zero-order valence-corrected chi connectivity index (χ0v) is 12.3. The minimum atomic E-state index is 0.208. The van der Waals surface area contributed by atoms with Gasteiger partial charge in [-0.05, 0) is 56.8 Å². The monoisotopic (exact) mass is 249 g/mol. The summed E-state index contributed by atoms with van der Waals surface area (Å²) in [5.74, 6) is 0. The lowest BCUT2D eigenvalue weighted by Crippen LogP contribution is -2.25. The number of aromatic nitrogens is 2. The van der Waals surface area contributed by atoms with Crippen molar-refractivity contribution in [2.75, 3.05) is 20.1 Å². The highest BCUT2D eigenvalue weighted by molar-refractivity contribution is 5.15. The van der Waals surface area contributed by atoms with Gasteiger partial charge in [0.25, 0.3) is 0 Å². The molecule has 2 heterocycles. The van der Waals surface area contributed by atoms with E-state index in [0.29, 0.717) is 6.04 Å². The molecule has 3 heteroatoms. The van der Waals surface area contributed by atoms with E-state index >= 15 is 0 Å². The normalized spacial score (nSPS) is 20.7. The highest BCUT2D eigenvalue weighted by Crippen LogP contribution is 2.26. The second-order valence-electron chi connectivity index (χ2n) is 6.70. The molecule has 18 heavy (non-hydrogen) atoms. The molecule has 1 saturated heterocycles. The second kappa shape index (κ2) is 5.43. The SMILES string of the molecule is CN1CCCC(n2cc(C(C)(C)C)cn2)CCC1. The van der Waals surface area contributed by atoms with Crippen LogP contribution in [0.2, 0.25) is 0 Å². The van der Waals surface area contributed by atoms with E-state index in [1.807, 2.05) is 6.20 Å². The molecule has 102 valence electrons. The first kappa shape index (κ1) is 13.6. The third-order valence-electron chi connectivity index (χ3n) is 4.00. The van der Waals surface area contributed by atoms with Crippen LogP contribution in [0.5, 0.6) is 0 Å². The predicted octanol–water partition coefficient (Wildman–Crippen LogP) is 3.23. The van der Waals surface area contributed by atoms with E-state index in [2.05, 4.69) is 48.7 Å². The Morgan fingerprint density at radius 3 is 2.28 bits per heavy atom. The summed E-state index contributed by atoms with van der Waals surface area (Å²) in [6, 6.07) is 0.606. The molecule has 1 aromatic heterocycles. The molecule has 0 atom stereocenters. The van der Waals surface area contributed by atoms with Gasteiger partial charge in [0.15, 0.2) is 0 Å². The van der Waals surface area contributed by atoms with Crippen LogP contribution < -0.4 is 0 Å². The third-order valence-corrected chi connectivity index (χ3v) is 4.00. The molecular weight excluding hydrogens is 222 g/mol. The van der Waals surface area contributed by atoms with Crippen LogP contribution in [-0.4, -0.2) is 34.8 Å². The van der Waals surface area contributed by atoms with Gasteiger partial charge in [0.1, 0.15) is 0 Å². The van der Waals surface area contributed by atoms with Crippen LogP contribution in [0, 0.1) is 0 Å². The van der Waals surface area contributed by atoms with Gasteiger partial charge >= 0.3 is 0 Å². The van der Waals surface area contributed by atoms with E-state index < -0.39 is 0 Å². The quantitative estimate of drug-likeness (QED) is 0.762. The van der Waals surface area contributed by atoms with Crippen molar-refractivity contribution in [3.63, 3.8) is 0 Å². The maximum atomic E-state index is 4.60. The first-order valence-corrected chi connectivity index (χ1v) is 7.20. The maximum Gasteiger partial charge on any atom is 0.0527 e. The lowest BCUT2D eigenvalue weighted by Gasteiger charge is -2.25. The molecule has 1 fully saturated rings. The van der Waals surface area contributed by atoms with E-state index in [0.717, 1.165) is 0 Å². The molecule has 0 unspecified atom stereocenters. The van der Waals surface area contributed by atoms with E-state index in [4.69, 9.17) is 0 Å². The van der Waals surface area contributed by atoms with Crippen molar-refractivity contribution < 1.29 is 0 Å². The molecule has 0 spiro atoms. The number of likely N-dealkylation sites (tertiary alicyclic amines) is 1. The summed E-state index contributed by atoms with van der Waals surface area (Å²) in [7, 11) is 2.23. The maximum absolute atomic E-state index is 4.60. The minimum absolute atomic E-state index is 0.208.